The number of nitrogens with one attached hydrogen (secondary N) is 1. The first kappa shape index (κ1) is 15.3. The van der Waals surface area contributed by atoms with Gasteiger partial charge >= 0.3 is 0 Å². The van der Waals surface area contributed by atoms with E-state index in [4.69, 9.17) is 5.73 Å². The van der Waals surface area contributed by atoms with Gasteiger partial charge in [0.25, 0.3) is 0 Å². The van der Waals surface area contributed by atoms with Gasteiger partial charge in [-0.3, -0.25) is 4.98 Å². The highest BCUT2D eigenvalue weighted by molar-refractivity contribution is 7.99. The Bertz CT molecular complexity index is 344. The van der Waals surface area contributed by atoms with Crippen molar-refractivity contribution in [3.05, 3.63) is 24.0 Å². The number of nitrogens with zero attached hydrogens (tertiary/aromatic N) is 1. The SMILES string of the molecule is CCNC(CSC(C)CC)Cc1cnccc1N. The smallest absolute Gasteiger partial charge is 0.0378 e. The number of rotatable bonds is 8. The molecule has 4 heteroatoms. The van der Waals surface area contributed by atoms with Crippen molar-refractivity contribution in [1.29, 1.82) is 0 Å². The van der Waals surface area contributed by atoms with E-state index in [-0.39, 0.29) is 0 Å². The minimum Gasteiger partial charge on any atom is -0.398 e. The lowest BCUT2D eigenvalue weighted by molar-refractivity contribution is 0.571. The van der Waals surface area contributed by atoms with Crippen LogP contribution in [0.3, 0.4) is 0 Å². The van der Waals surface area contributed by atoms with Crippen LogP contribution in [0.2, 0.25) is 0 Å². The first-order valence-electron chi connectivity index (χ1n) is 6.70. The highest BCUT2D eigenvalue weighted by Gasteiger charge is 2.12. The minimum absolute atomic E-state index is 0.473. The Kier molecular flexibility index (Phi) is 7.13. The quantitative estimate of drug-likeness (QED) is 0.760. The lowest BCUT2D eigenvalue weighted by Gasteiger charge is -2.20. The number of likely N-dealkylation sites (N-methyl/N-ethyl adjacent to an activating group) is 1. The van der Waals surface area contributed by atoms with E-state index in [1.165, 1.54) is 6.42 Å². The van der Waals surface area contributed by atoms with Gasteiger partial charge in [-0.2, -0.15) is 11.8 Å². The lowest BCUT2D eigenvalue weighted by atomic mass is 10.1. The Morgan fingerprint density at radius 2 is 2.22 bits per heavy atom. The summed E-state index contributed by atoms with van der Waals surface area (Å²) in [6.07, 6.45) is 5.80. The zero-order valence-corrected chi connectivity index (χ0v) is 12.5. The third-order valence-corrected chi connectivity index (χ3v) is 4.55. The maximum absolute atomic E-state index is 5.97. The molecule has 2 unspecified atom stereocenters. The van der Waals surface area contributed by atoms with Crippen molar-refractivity contribution in [2.45, 2.75) is 44.9 Å². The first-order chi connectivity index (χ1) is 8.67. The maximum Gasteiger partial charge on any atom is 0.0378 e. The van der Waals surface area contributed by atoms with E-state index >= 15 is 0 Å². The summed E-state index contributed by atoms with van der Waals surface area (Å²) in [5, 5.41) is 4.25. The number of aromatic nitrogens is 1. The Hall–Kier alpha value is -0.740. The van der Waals surface area contributed by atoms with Crippen LogP contribution in [0.1, 0.15) is 32.8 Å². The Morgan fingerprint density at radius 1 is 1.44 bits per heavy atom. The summed E-state index contributed by atoms with van der Waals surface area (Å²) in [5.74, 6) is 1.12. The van der Waals surface area contributed by atoms with Crippen molar-refractivity contribution in [1.82, 2.24) is 10.3 Å². The Balaban J connectivity index is 2.54. The molecular formula is C14H25N3S. The first-order valence-corrected chi connectivity index (χ1v) is 7.75. The third kappa shape index (κ3) is 5.27. The van der Waals surface area contributed by atoms with Crippen LogP contribution in [0.15, 0.2) is 18.5 Å². The largest absolute Gasteiger partial charge is 0.398 e. The lowest BCUT2D eigenvalue weighted by Crippen LogP contribution is -2.34. The molecule has 102 valence electrons. The predicted molar refractivity (Wildman–Crippen MR) is 82.0 cm³/mol. The van der Waals surface area contributed by atoms with Gasteiger partial charge in [-0.25, -0.2) is 0 Å². The number of pyridine rings is 1. The number of hydrogen-bond donors (Lipinski definition) is 2. The van der Waals surface area contributed by atoms with Gasteiger partial charge in [0, 0.05) is 35.1 Å². The molecule has 0 aliphatic rings. The van der Waals surface area contributed by atoms with E-state index in [2.05, 4.69) is 31.1 Å². The van der Waals surface area contributed by atoms with Crippen molar-refractivity contribution < 1.29 is 0 Å². The van der Waals surface area contributed by atoms with Crippen LogP contribution in [0.25, 0.3) is 0 Å². The number of hydrogen-bond acceptors (Lipinski definition) is 4. The highest BCUT2D eigenvalue weighted by Crippen LogP contribution is 2.18. The molecule has 0 aliphatic carbocycles. The molecule has 0 saturated carbocycles. The molecule has 0 amide bonds. The van der Waals surface area contributed by atoms with Crippen molar-refractivity contribution in [2.75, 3.05) is 18.0 Å². The van der Waals surface area contributed by atoms with Gasteiger partial charge in [-0.05, 0) is 31.0 Å². The molecule has 3 N–H and O–H groups in total. The van der Waals surface area contributed by atoms with Gasteiger partial charge < -0.3 is 11.1 Å². The third-order valence-electron chi connectivity index (χ3n) is 3.06. The van der Waals surface area contributed by atoms with Crippen molar-refractivity contribution in [2.24, 2.45) is 0 Å². The molecule has 3 nitrogen and oxygen atoms in total. The molecule has 1 aromatic heterocycles. The number of nitrogen functional groups attached to an aromatic ring is 1. The average Bonchev–Trinajstić information content (AvgIpc) is 2.38. The van der Waals surface area contributed by atoms with Crippen LogP contribution in [0.4, 0.5) is 5.69 Å². The second kappa shape index (κ2) is 8.38. The predicted octanol–water partition coefficient (Wildman–Crippen LogP) is 2.72. The van der Waals surface area contributed by atoms with E-state index in [1.54, 1.807) is 6.20 Å². The van der Waals surface area contributed by atoms with Crippen LogP contribution < -0.4 is 11.1 Å². The molecule has 0 bridgehead atoms. The normalized spacial score (nSPS) is 14.4. The standard InChI is InChI=1S/C14H25N3S/c1-4-11(3)18-10-13(17-5-2)8-12-9-16-7-6-14(12)15/h6-7,9,11,13,17H,4-5,8,10H2,1-3H3,(H2,15,16). The van der Waals surface area contributed by atoms with Crippen molar-refractivity contribution >= 4 is 17.4 Å². The highest BCUT2D eigenvalue weighted by atomic mass is 32.2. The fourth-order valence-corrected chi connectivity index (χ4v) is 2.78. The fourth-order valence-electron chi connectivity index (χ4n) is 1.75. The van der Waals surface area contributed by atoms with E-state index in [9.17, 15) is 0 Å². The molecule has 2 atom stereocenters. The van der Waals surface area contributed by atoms with Gasteiger partial charge in [0.15, 0.2) is 0 Å². The molecule has 18 heavy (non-hydrogen) atoms. The zero-order valence-electron chi connectivity index (χ0n) is 11.6. The molecule has 0 saturated heterocycles. The molecule has 0 aliphatic heterocycles. The van der Waals surface area contributed by atoms with E-state index in [0.29, 0.717) is 6.04 Å². The van der Waals surface area contributed by atoms with Gasteiger partial charge in [-0.1, -0.05) is 20.8 Å². The van der Waals surface area contributed by atoms with E-state index in [1.807, 2.05) is 24.0 Å². The Labute approximate surface area is 115 Å². The zero-order chi connectivity index (χ0) is 13.4. The summed E-state index contributed by atoms with van der Waals surface area (Å²) >= 11 is 2.03. The van der Waals surface area contributed by atoms with Crippen LogP contribution >= 0.6 is 11.8 Å². The summed E-state index contributed by atoms with van der Waals surface area (Å²) in [4.78, 5) is 4.16. The van der Waals surface area contributed by atoms with Gasteiger partial charge in [0.2, 0.25) is 0 Å². The minimum atomic E-state index is 0.473. The van der Waals surface area contributed by atoms with Crippen LogP contribution in [-0.4, -0.2) is 28.6 Å². The molecule has 0 aromatic carbocycles. The molecule has 0 radical (unpaired) electrons. The summed E-state index contributed by atoms with van der Waals surface area (Å²) in [6, 6.07) is 2.35. The molecule has 1 heterocycles. The fraction of sp³-hybridized carbons (Fsp3) is 0.643. The van der Waals surface area contributed by atoms with Crippen molar-refractivity contribution in [3.63, 3.8) is 0 Å². The summed E-state index contributed by atoms with van der Waals surface area (Å²) < 4.78 is 0. The van der Waals surface area contributed by atoms with E-state index < -0.39 is 0 Å². The number of anilines is 1. The van der Waals surface area contributed by atoms with Crippen LogP contribution in [-0.2, 0) is 6.42 Å². The number of thioether (sulfide) groups is 1. The molecule has 0 spiro atoms. The molecular weight excluding hydrogens is 242 g/mol. The van der Waals surface area contributed by atoms with Crippen LogP contribution in [0.5, 0.6) is 0 Å². The monoisotopic (exact) mass is 267 g/mol. The van der Waals surface area contributed by atoms with Crippen molar-refractivity contribution in [3.8, 4) is 0 Å². The Morgan fingerprint density at radius 3 is 2.83 bits per heavy atom. The van der Waals surface area contributed by atoms with Gasteiger partial charge in [-0.15, -0.1) is 0 Å². The summed E-state index contributed by atoms with van der Waals surface area (Å²) in [6.45, 7) is 7.66. The van der Waals surface area contributed by atoms with Gasteiger partial charge in [0.05, 0.1) is 0 Å². The average molecular weight is 267 g/mol. The molecule has 0 fully saturated rings. The second-order valence-electron chi connectivity index (χ2n) is 4.59. The second-order valence-corrected chi connectivity index (χ2v) is 6.06. The van der Waals surface area contributed by atoms with Crippen LogP contribution in [0, 0.1) is 0 Å². The summed E-state index contributed by atoms with van der Waals surface area (Å²) in [7, 11) is 0. The number of nitrogens with two attached hydrogens (primary N) is 1. The molecule has 1 aromatic rings. The topological polar surface area (TPSA) is 50.9 Å². The molecule has 1 rings (SSSR count). The summed E-state index contributed by atoms with van der Waals surface area (Å²) in [5.41, 5.74) is 7.97. The van der Waals surface area contributed by atoms with E-state index in [0.717, 1.165) is 35.2 Å². The maximum atomic E-state index is 5.97. The van der Waals surface area contributed by atoms with Gasteiger partial charge in [0.1, 0.15) is 0 Å².